The maximum atomic E-state index is 12.9. The van der Waals surface area contributed by atoms with Crippen molar-refractivity contribution in [1.29, 1.82) is 0 Å². The smallest absolute Gasteiger partial charge is 0.368 e. The third-order valence-electron chi connectivity index (χ3n) is 3.71. The Balaban J connectivity index is 2.44. The highest BCUT2D eigenvalue weighted by molar-refractivity contribution is 7.54. The van der Waals surface area contributed by atoms with Gasteiger partial charge in [-0.2, -0.15) is 13.2 Å². The van der Waals surface area contributed by atoms with Gasteiger partial charge in [0.15, 0.2) is 5.78 Å². The van der Waals surface area contributed by atoms with Crippen LogP contribution >= 0.6 is 7.60 Å². The Morgan fingerprint density at radius 3 is 2.16 bits per heavy atom. The molecule has 2 aromatic carbocycles. The fourth-order valence-corrected chi connectivity index (χ4v) is 3.74. The Morgan fingerprint density at radius 2 is 1.64 bits per heavy atom. The van der Waals surface area contributed by atoms with Crippen molar-refractivity contribution in [2.75, 3.05) is 19.5 Å². The zero-order chi connectivity index (χ0) is 18.7. The van der Waals surface area contributed by atoms with Crippen molar-refractivity contribution < 1.29 is 26.8 Å². The van der Waals surface area contributed by atoms with Crippen molar-refractivity contribution in [3.63, 3.8) is 0 Å². The summed E-state index contributed by atoms with van der Waals surface area (Å²) in [5.74, 6) is -0.952. The van der Waals surface area contributed by atoms with E-state index in [0.717, 1.165) is 17.7 Å². The van der Waals surface area contributed by atoms with Crippen molar-refractivity contribution in [2.24, 2.45) is 0 Å². The first kappa shape index (κ1) is 19.5. The monoisotopic (exact) mass is 373 g/mol. The molecule has 0 amide bonds. The van der Waals surface area contributed by atoms with E-state index in [1.165, 1.54) is 26.4 Å². The van der Waals surface area contributed by atoms with Crippen LogP contribution in [0, 0.1) is 6.92 Å². The lowest BCUT2D eigenvalue weighted by molar-refractivity contribution is -0.137. The molecule has 0 aromatic heterocycles. The molecular formula is C17H19F3NO3P. The molecular weight excluding hydrogens is 354 g/mol. The van der Waals surface area contributed by atoms with Gasteiger partial charge in [-0.15, -0.1) is 0 Å². The molecule has 1 atom stereocenters. The number of anilines is 1. The van der Waals surface area contributed by atoms with Gasteiger partial charge in [0.25, 0.3) is 0 Å². The minimum Gasteiger partial charge on any atom is -0.368 e. The molecule has 1 unspecified atom stereocenters. The SMILES string of the molecule is COP(=O)(OC)C(Nc1cccc(C(F)(F)F)c1)c1ccc(C)cc1. The van der Waals surface area contributed by atoms with E-state index in [9.17, 15) is 17.7 Å². The zero-order valence-corrected chi connectivity index (χ0v) is 14.9. The van der Waals surface area contributed by atoms with E-state index in [2.05, 4.69) is 5.32 Å². The first-order valence-corrected chi connectivity index (χ1v) is 9.02. The molecule has 0 spiro atoms. The van der Waals surface area contributed by atoms with Gasteiger partial charge in [-0.25, -0.2) is 0 Å². The summed E-state index contributed by atoms with van der Waals surface area (Å²) in [4.78, 5) is 0. The first-order chi connectivity index (χ1) is 11.7. The van der Waals surface area contributed by atoms with Crippen molar-refractivity contribution in [3.05, 3.63) is 65.2 Å². The van der Waals surface area contributed by atoms with Gasteiger partial charge in [0.1, 0.15) is 0 Å². The van der Waals surface area contributed by atoms with Gasteiger partial charge in [-0.05, 0) is 30.7 Å². The molecule has 8 heteroatoms. The lowest BCUT2D eigenvalue weighted by Crippen LogP contribution is -2.14. The second-order valence-electron chi connectivity index (χ2n) is 5.44. The van der Waals surface area contributed by atoms with Crippen LogP contribution in [0.4, 0.5) is 18.9 Å². The fourth-order valence-electron chi connectivity index (χ4n) is 2.32. The van der Waals surface area contributed by atoms with E-state index in [1.807, 2.05) is 19.1 Å². The molecule has 0 aliphatic rings. The molecule has 0 aliphatic heterocycles. The first-order valence-electron chi connectivity index (χ1n) is 7.41. The lowest BCUT2D eigenvalue weighted by atomic mass is 10.1. The van der Waals surface area contributed by atoms with Crippen LogP contribution < -0.4 is 5.32 Å². The summed E-state index contributed by atoms with van der Waals surface area (Å²) in [5, 5.41) is 2.86. The second kappa shape index (κ2) is 7.60. The summed E-state index contributed by atoms with van der Waals surface area (Å²) in [5.41, 5.74) is 0.931. The van der Waals surface area contributed by atoms with Crippen LogP contribution in [0.25, 0.3) is 0 Å². The van der Waals surface area contributed by atoms with Gasteiger partial charge in [0, 0.05) is 19.9 Å². The van der Waals surface area contributed by atoms with Crippen molar-refractivity contribution in [1.82, 2.24) is 0 Å². The summed E-state index contributed by atoms with van der Waals surface area (Å²) >= 11 is 0. The predicted octanol–water partition coefficient (Wildman–Crippen LogP) is 5.61. The molecule has 0 fully saturated rings. The van der Waals surface area contributed by atoms with Crippen LogP contribution in [-0.4, -0.2) is 14.2 Å². The number of hydrogen-bond acceptors (Lipinski definition) is 4. The van der Waals surface area contributed by atoms with Crippen LogP contribution in [0.2, 0.25) is 0 Å². The number of alkyl halides is 3. The third-order valence-corrected chi connectivity index (χ3v) is 5.79. The van der Waals surface area contributed by atoms with Gasteiger partial charge in [0.2, 0.25) is 0 Å². The molecule has 0 saturated carbocycles. The maximum Gasteiger partial charge on any atom is 0.416 e. The third kappa shape index (κ3) is 4.63. The second-order valence-corrected chi connectivity index (χ2v) is 7.77. The Hall–Kier alpha value is -1.82. The predicted molar refractivity (Wildman–Crippen MR) is 90.6 cm³/mol. The lowest BCUT2D eigenvalue weighted by Gasteiger charge is -2.27. The van der Waals surface area contributed by atoms with Crippen molar-refractivity contribution in [2.45, 2.75) is 18.9 Å². The molecule has 1 N–H and O–H groups in total. The van der Waals surface area contributed by atoms with Crippen molar-refractivity contribution in [3.8, 4) is 0 Å². The van der Waals surface area contributed by atoms with E-state index in [0.29, 0.717) is 5.56 Å². The van der Waals surface area contributed by atoms with Gasteiger partial charge in [-0.1, -0.05) is 35.9 Å². The highest BCUT2D eigenvalue weighted by Crippen LogP contribution is 2.59. The zero-order valence-electron chi connectivity index (χ0n) is 14.0. The molecule has 2 aromatic rings. The molecule has 0 bridgehead atoms. The fraction of sp³-hybridized carbons (Fsp3) is 0.294. The number of aryl methyl sites for hydroxylation is 1. The van der Waals surface area contributed by atoms with Crippen LogP contribution in [0.3, 0.4) is 0 Å². The summed E-state index contributed by atoms with van der Waals surface area (Å²) in [6.07, 6.45) is -4.47. The molecule has 25 heavy (non-hydrogen) atoms. The van der Waals surface area contributed by atoms with Gasteiger partial charge < -0.3 is 14.4 Å². The van der Waals surface area contributed by atoms with Crippen molar-refractivity contribution >= 4 is 13.3 Å². The minimum atomic E-state index is -4.47. The number of halogens is 3. The summed E-state index contributed by atoms with van der Waals surface area (Å²) in [6.45, 7) is 1.89. The van der Waals surface area contributed by atoms with Crippen LogP contribution in [0.1, 0.15) is 22.5 Å². The van der Waals surface area contributed by atoms with E-state index >= 15 is 0 Å². The minimum absolute atomic E-state index is 0.162. The molecule has 2 rings (SSSR count). The van der Waals surface area contributed by atoms with Gasteiger partial charge in [0.05, 0.1) is 5.56 Å². The Labute approximate surface area is 144 Å². The summed E-state index contributed by atoms with van der Waals surface area (Å²) < 4.78 is 61.7. The van der Waals surface area contributed by atoms with Crippen LogP contribution in [0.15, 0.2) is 48.5 Å². The van der Waals surface area contributed by atoms with Gasteiger partial charge in [-0.3, -0.25) is 4.57 Å². The molecule has 0 heterocycles. The summed E-state index contributed by atoms with van der Waals surface area (Å²) in [7, 11) is -1.17. The quantitative estimate of drug-likeness (QED) is 0.669. The van der Waals surface area contributed by atoms with E-state index < -0.39 is 25.1 Å². The van der Waals surface area contributed by atoms with Gasteiger partial charge >= 0.3 is 13.8 Å². The maximum absolute atomic E-state index is 12.9. The molecule has 0 aliphatic carbocycles. The highest BCUT2D eigenvalue weighted by Gasteiger charge is 2.36. The Morgan fingerprint density at radius 1 is 1.04 bits per heavy atom. The normalized spacial score (nSPS) is 13.5. The Kier molecular flexibility index (Phi) is 5.93. The standard InChI is InChI=1S/C17H19F3NO3P/c1-12-7-9-13(10-8-12)16(25(22,23-2)24-3)21-15-6-4-5-14(11-15)17(18,19)20/h4-11,16,21H,1-3H3. The molecule has 0 saturated heterocycles. The largest absolute Gasteiger partial charge is 0.416 e. The summed E-state index contributed by atoms with van der Waals surface area (Å²) in [6, 6.07) is 11.7. The Bertz CT molecular complexity index is 754. The number of rotatable bonds is 6. The van der Waals surface area contributed by atoms with Crippen LogP contribution in [0.5, 0.6) is 0 Å². The highest BCUT2D eigenvalue weighted by atomic mass is 31.2. The molecule has 136 valence electrons. The van der Waals surface area contributed by atoms with Crippen LogP contribution in [-0.2, 0) is 19.8 Å². The average Bonchev–Trinajstić information content (AvgIpc) is 2.59. The number of benzene rings is 2. The van der Waals surface area contributed by atoms with E-state index in [-0.39, 0.29) is 5.69 Å². The average molecular weight is 373 g/mol. The van der Waals surface area contributed by atoms with E-state index in [1.54, 1.807) is 12.1 Å². The molecule has 4 nitrogen and oxygen atoms in total. The number of nitrogens with one attached hydrogen (secondary N) is 1. The van der Waals surface area contributed by atoms with E-state index in [4.69, 9.17) is 9.05 Å². The topological polar surface area (TPSA) is 47.6 Å². The molecule has 0 radical (unpaired) electrons. The number of hydrogen-bond donors (Lipinski definition) is 1.